The fourth-order valence-corrected chi connectivity index (χ4v) is 2.61. The second-order valence-electron chi connectivity index (χ2n) is 3.93. The van der Waals surface area contributed by atoms with Crippen molar-refractivity contribution in [1.29, 1.82) is 0 Å². The molecule has 0 aliphatic heterocycles. The zero-order chi connectivity index (χ0) is 13.0. The summed E-state index contributed by atoms with van der Waals surface area (Å²) >= 11 is 8.38. The number of hydrogen-bond donors (Lipinski definition) is 2. The van der Waals surface area contributed by atoms with E-state index in [1.54, 1.807) is 13.8 Å². The van der Waals surface area contributed by atoms with Gasteiger partial charge in [-0.1, -0.05) is 12.6 Å². The maximum atomic E-state index is 11.5. The van der Waals surface area contributed by atoms with Gasteiger partial charge in [0.05, 0.1) is 6.10 Å². The van der Waals surface area contributed by atoms with Crippen LogP contribution in [0.15, 0.2) is 0 Å². The van der Waals surface area contributed by atoms with Crippen LogP contribution in [0.5, 0.6) is 0 Å². The van der Waals surface area contributed by atoms with E-state index in [9.17, 15) is 8.42 Å². The topological polar surface area (TPSA) is 64.6 Å². The van der Waals surface area contributed by atoms with E-state index in [1.807, 2.05) is 0 Å². The Morgan fingerprint density at radius 3 is 2.29 bits per heavy atom. The Morgan fingerprint density at radius 1 is 1.47 bits per heavy atom. The number of ether oxygens (including phenoxy) is 2. The summed E-state index contributed by atoms with van der Waals surface area (Å²) in [5.74, 6) is -0.420. The monoisotopic (exact) mass is 327 g/mol. The SMILES string of the molecule is CC(C)OCS(=O)(=O)NC(C)(C)OC(=S)S.[KH]. The molecule has 0 heterocycles. The Kier molecular flexibility index (Phi) is 10.9. The van der Waals surface area contributed by atoms with Crippen molar-refractivity contribution in [3.05, 3.63) is 0 Å². The third-order valence-electron chi connectivity index (χ3n) is 1.30. The molecule has 0 rings (SSSR count). The van der Waals surface area contributed by atoms with E-state index >= 15 is 0 Å². The molecule has 5 nitrogen and oxygen atoms in total. The molecule has 0 unspecified atom stereocenters. The molecule has 0 spiro atoms. The first kappa shape index (κ1) is 21.1. The molecule has 1 N–H and O–H groups in total. The zero-order valence-corrected chi connectivity index (χ0v) is 12.2. The summed E-state index contributed by atoms with van der Waals surface area (Å²) in [6.07, 6.45) is -0.161. The standard InChI is InChI=1S/C8H17NO4S3.K.H/c1-6(2)12-5-16(10,11)9-8(3,4)13-7(14)15;;/h6,9H,5H2,1-4H3,(H,14,15);;. The molecule has 0 bridgehead atoms. The van der Waals surface area contributed by atoms with Gasteiger partial charge in [-0.05, 0) is 39.9 Å². The minimum atomic E-state index is -3.57. The van der Waals surface area contributed by atoms with Crippen LogP contribution >= 0.6 is 24.8 Å². The van der Waals surface area contributed by atoms with Crippen LogP contribution in [0.3, 0.4) is 0 Å². The zero-order valence-electron chi connectivity index (χ0n) is 9.68. The maximum absolute atomic E-state index is 11.5. The van der Waals surface area contributed by atoms with Crippen LogP contribution in [0.2, 0.25) is 0 Å². The van der Waals surface area contributed by atoms with E-state index in [4.69, 9.17) is 9.47 Å². The third kappa shape index (κ3) is 12.5. The van der Waals surface area contributed by atoms with Crippen LogP contribution in [0.1, 0.15) is 27.7 Å². The first-order valence-corrected chi connectivity index (χ1v) is 7.10. The summed E-state index contributed by atoms with van der Waals surface area (Å²) in [5, 5.41) is 0. The normalized spacial score (nSPS) is 12.1. The molecule has 0 saturated carbocycles. The van der Waals surface area contributed by atoms with Crippen LogP contribution in [0.25, 0.3) is 0 Å². The molecular weight excluding hydrogens is 309 g/mol. The molecule has 0 atom stereocenters. The van der Waals surface area contributed by atoms with Gasteiger partial charge < -0.3 is 9.47 Å². The molecule has 98 valence electrons. The molecular formula is C8H18KNO4S3. The molecule has 0 aromatic heterocycles. The van der Waals surface area contributed by atoms with Gasteiger partial charge >= 0.3 is 51.4 Å². The Bertz CT molecular complexity index is 343. The fourth-order valence-electron chi connectivity index (χ4n) is 0.869. The number of thiol groups is 1. The molecule has 0 aromatic carbocycles. The van der Waals surface area contributed by atoms with Crippen molar-refractivity contribution < 1.29 is 17.9 Å². The minimum absolute atomic E-state index is 0. The van der Waals surface area contributed by atoms with Crippen molar-refractivity contribution in [3.63, 3.8) is 0 Å². The Balaban J connectivity index is 0. The molecule has 0 aliphatic rings. The predicted molar refractivity (Wildman–Crippen MR) is 77.0 cm³/mol. The van der Waals surface area contributed by atoms with Gasteiger partial charge in [0, 0.05) is 0 Å². The van der Waals surface area contributed by atoms with Crippen LogP contribution in [0.4, 0.5) is 0 Å². The molecule has 0 saturated heterocycles. The van der Waals surface area contributed by atoms with Crippen molar-refractivity contribution in [2.45, 2.75) is 39.5 Å². The van der Waals surface area contributed by atoms with Gasteiger partial charge in [0.15, 0.2) is 11.7 Å². The summed E-state index contributed by atoms with van der Waals surface area (Å²) in [6.45, 7) is 6.56. The number of thiocarbonyl (C=S) groups is 1. The summed E-state index contributed by atoms with van der Waals surface area (Å²) in [5.41, 5.74) is -1.14. The molecule has 0 aliphatic carbocycles. The summed E-state index contributed by atoms with van der Waals surface area (Å²) in [4.78, 5) is 0. The Labute approximate surface area is 156 Å². The van der Waals surface area contributed by atoms with Gasteiger partial charge in [0.2, 0.25) is 14.4 Å². The van der Waals surface area contributed by atoms with Gasteiger partial charge in [0.25, 0.3) is 0 Å². The van der Waals surface area contributed by atoms with Crippen molar-refractivity contribution in [2.75, 3.05) is 5.94 Å². The van der Waals surface area contributed by atoms with Crippen molar-refractivity contribution in [3.8, 4) is 0 Å². The number of sulfonamides is 1. The first-order chi connectivity index (χ1) is 7.04. The van der Waals surface area contributed by atoms with E-state index < -0.39 is 21.7 Å². The molecule has 17 heavy (non-hydrogen) atoms. The van der Waals surface area contributed by atoms with Crippen molar-refractivity contribution >= 4 is 90.6 Å². The van der Waals surface area contributed by atoms with E-state index in [2.05, 4.69) is 29.6 Å². The van der Waals surface area contributed by atoms with Gasteiger partial charge in [0.1, 0.15) is 0 Å². The van der Waals surface area contributed by atoms with Crippen LogP contribution in [-0.4, -0.2) is 82.0 Å². The van der Waals surface area contributed by atoms with Gasteiger partial charge in [-0.3, -0.25) is 0 Å². The average Bonchev–Trinajstić information content (AvgIpc) is 1.95. The van der Waals surface area contributed by atoms with Gasteiger partial charge in [-0.25, -0.2) is 8.42 Å². The summed E-state index contributed by atoms with van der Waals surface area (Å²) in [6, 6.07) is 0. The average molecular weight is 328 g/mol. The first-order valence-electron chi connectivity index (χ1n) is 4.59. The second kappa shape index (κ2) is 8.83. The summed E-state index contributed by atoms with van der Waals surface area (Å²) in [7, 11) is -3.57. The van der Waals surface area contributed by atoms with Crippen LogP contribution < -0.4 is 4.72 Å². The van der Waals surface area contributed by atoms with E-state index in [1.165, 1.54) is 13.8 Å². The second-order valence-corrected chi connectivity index (χ2v) is 6.68. The van der Waals surface area contributed by atoms with Crippen LogP contribution in [-0.2, 0) is 19.5 Å². The fraction of sp³-hybridized carbons (Fsp3) is 0.875. The van der Waals surface area contributed by atoms with E-state index in [0.717, 1.165) is 0 Å². The number of hydrogen-bond acceptors (Lipinski definition) is 5. The Hall–Kier alpha value is 1.75. The van der Waals surface area contributed by atoms with Crippen molar-refractivity contribution in [1.82, 2.24) is 4.72 Å². The quantitative estimate of drug-likeness (QED) is 0.324. The third-order valence-corrected chi connectivity index (χ3v) is 2.72. The molecule has 9 heteroatoms. The van der Waals surface area contributed by atoms with Crippen LogP contribution in [0, 0.1) is 0 Å². The summed E-state index contributed by atoms with van der Waals surface area (Å²) < 4.78 is 35.4. The Morgan fingerprint density at radius 2 is 1.94 bits per heavy atom. The van der Waals surface area contributed by atoms with Crippen molar-refractivity contribution in [2.24, 2.45) is 0 Å². The molecule has 0 fully saturated rings. The predicted octanol–water partition coefficient (Wildman–Crippen LogP) is 0.607. The van der Waals surface area contributed by atoms with E-state index in [0.29, 0.717) is 0 Å². The molecule has 0 radical (unpaired) electrons. The number of nitrogens with one attached hydrogen (secondary N) is 1. The van der Waals surface area contributed by atoms with E-state index in [-0.39, 0.29) is 61.9 Å². The molecule has 0 amide bonds. The van der Waals surface area contributed by atoms with Gasteiger partial charge in [-0.2, -0.15) is 4.72 Å². The van der Waals surface area contributed by atoms with Gasteiger partial charge in [-0.15, -0.1) is 0 Å². The number of rotatable bonds is 6. The molecule has 0 aromatic rings.